The van der Waals surface area contributed by atoms with Crippen LogP contribution in [0.4, 0.5) is 24.5 Å². The minimum Gasteiger partial charge on any atom is -0.497 e. The number of para-hydroxylation sites is 1. The first-order valence-electron chi connectivity index (χ1n) is 11.7. The monoisotopic (exact) mass is 516 g/mol. The number of hydrogen-bond acceptors (Lipinski definition) is 6. The molecule has 2 aromatic carbocycles. The summed E-state index contributed by atoms with van der Waals surface area (Å²) in [6.07, 6.45) is -3.14. The van der Waals surface area contributed by atoms with Crippen molar-refractivity contribution in [3.63, 3.8) is 0 Å². The second-order valence-electron chi connectivity index (χ2n) is 8.46. The normalized spacial score (nSPS) is 15.2. The number of amides is 2. The number of rotatable bonds is 7. The van der Waals surface area contributed by atoms with E-state index in [0.29, 0.717) is 18.8 Å². The third-order valence-corrected chi connectivity index (χ3v) is 6.21. The first-order chi connectivity index (χ1) is 17.8. The maximum Gasteiger partial charge on any atom is 0.418 e. The van der Waals surface area contributed by atoms with E-state index < -0.39 is 29.2 Å². The SMILES string of the molecule is COc1ccc(N2CCN(C(CNC(=O)C(=O)Nc3ccccc3C(F)(F)F)c3ccco3)CC2)cc1. The molecular weight excluding hydrogens is 489 g/mol. The lowest BCUT2D eigenvalue weighted by atomic mass is 10.1. The number of anilines is 2. The minimum atomic E-state index is -4.67. The van der Waals surface area contributed by atoms with Gasteiger partial charge in [-0.25, -0.2) is 0 Å². The Labute approximate surface area is 212 Å². The molecule has 1 unspecified atom stereocenters. The Morgan fingerprint density at radius 1 is 0.973 bits per heavy atom. The van der Waals surface area contributed by atoms with Gasteiger partial charge in [0, 0.05) is 38.4 Å². The number of alkyl halides is 3. The Morgan fingerprint density at radius 2 is 1.68 bits per heavy atom. The summed E-state index contributed by atoms with van der Waals surface area (Å²) in [5.41, 5.74) is -0.439. The molecule has 0 bridgehead atoms. The van der Waals surface area contributed by atoms with Gasteiger partial charge in [-0.1, -0.05) is 12.1 Å². The van der Waals surface area contributed by atoms with E-state index in [4.69, 9.17) is 9.15 Å². The first-order valence-corrected chi connectivity index (χ1v) is 11.7. The van der Waals surface area contributed by atoms with Crippen molar-refractivity contribution in [2.24, 2.45) is 0 Å². The van der Waals surface area contributed by atoms with Crippen LogP contribution >= 0.6 is 0 Å². The van der Waals surface area contributed by atoms with Gasteiger partial charge in [-0.05, 0) is 48.5 Å². The van der Waals surface area contributed by atoms with Crippen molar-refractivity contribution in [3.8, 4) is 5.75 Å². The van der Waals surface area contributed by atoms with Crippen LogP contribution in [0.2, 0.25) is 0 Å². The fourth-order valence-corrected chi connectivity index (χ4v) is 4.26. The molecule has 2 N–H and O–H groups in total. The first kappa shape index (κ1) is 26.1. The smallest absolute Gasteiger partial charge is 0.418 e. The number of halogens is 3. The lowest BCUT2D eigenvalue weighted by Gasteiger charge is -2.39. The summed E-state index contributed by atoms with van der Waals surface area (Å²) in [5, 5.41) is 4.60. The highest BCUT2D eigenvalue weighted by Crippen LogP contribution is 2.34. The number of carbonyl (C=O) groups excluding carboxylic acids is 2. The Hall–Kier alpha value is -3.99. The summed E-state index contributed by atoms with van der Waals surface area (Å²) in [6, 6.07) is 15.5. The van der Waals surface area contributed by atoms with Crippen LogP contribution in [0.15, 0.2) is 71.3 Å². The highest BCUT2D eigenvalue weighted by atomic mass is 19.4. The zero-order valence-corrected chi connectivity index (χ0v) is 20.1. The zero-order valence-electron chi connectivity index (χ0n) is 20.1. The lowest BCUT2D eigenvalue weighted by Crippen LogP contribution is -2.50. The molecule has 0 aliphatic carbocycles. The van der Waals surface area contributed by atoms with Gasteiger partial charge in [0.25, 0.3) is 0 Å². The number of hydrogen-bond donors (Lipinski definition) is 2. The van der Waals surface area contributed by atoms with Crippen molar-refractivity contribution in [1.82, 2.24) is 10.2 Å². The molecule has 37 heavy (non-hydrogen) atoms. The molecule has 1 aliphatic rings. The number of nitrogens with one attached hydrogen (secondary N) is 2. The number of nitrogens with zero attached hydrogens (tertiary/aromatic N) is 2. The van der Waals surface area contributed by atoms with Gasteiger partial charge in [0.2, 0.25) is 0 Å². The highest BCUT2D eigenvalue weighted by molar-refractivity contribution is 6.39. The summed E-state index contributed by atoms with van der Waals surface area (Å²) >= 11 is 0. The molecule has 11 heteroatoms. The molecule has 1 aromatic heterocycles. The van der Waals surface area contributed by atoms with Gasteiger partial charge in [0.05, 0.1) is 30.7 Å². The largest absolute Gasteiger partial charge is 0.497 e. The fourth-order valence-electron chi connectivity index (χ4n) is 4.26. The predicted octanol–water partition coefficient (Wildman–Crippen LogP) is 3.93. The minimum absolute atomic E-state index is 0.0449. The number of furan rings is 1. The van der Waals surface area contributed by atoms with E-state index in [1.165, 1.54) is 18.4 Å². The predicted molar refractivity (Wildman–Crippen MR) is 131 cm³/mol. The number of carbonyl (C=O) groups is 2. The highest BCUT2D eigenvalue weighted by Gasteiger charge is 2.34. The van der Waals surface area contributed by atoms with E-state index >= 15 is 0 Å². The van der Waals surface area contributed by atoms with E-state index in [2.05, 4.69) is 20.4 Å². The van der Waals surface area contributed by atoms with Gasteiger partial charge in [-0.2, -0.15) is 13.2 Å². The molecule has 2 heterocycles. The molecule has 3 aromatic rings. The van der Waals surface area contributed by atoms with Crippen molar-refractivity contribution >= 4 is 23.2 Å². The van der Waals surface area contributed by atoms with Crippen LogP contribution in [0.5, 0.6) is 5.75 Å². The summed E-state index contributed by atoms with van der Waals surface area (Å²) in [4.78, 5) is 29.2. The number of methoxy groups -OCH3 is 1. The van der Waals surface area contributed by atoms with Crippen LogP contribution in [0.25, 0.3) is 0 Å². The maximum atomic E-state index is 13.2. The Morgan fingerprint density at radius 3 is 2.30 bits per heavy atom. The fraction of sp³-hybridized carbons (Fsp3) is 0.308. The molecule has 1 atom stereocenters. The third kappa shape index (κ3) is 6.42. The van der Waals surface area contributed by atoms with Crippen molar-refractivity contribution in [3.05, 3.63) is 78.3 Å². The van der Waals surface area contributed by atoms with E-state index in [1.807, 2.05) is 24.3 Å². The Kier molecular flexibility index (Phi) is 8.02. The molecule has 8 nitrogen and oxygen atoms in total. The Bertz CT molecular complexity index is 1190. The van der Waals surface area contributed by atoms with Gasteiger partial charge in [0.15, 0.2) is 0 Å². The van der Waals surface area contributed by atoms with Crippen LogP contribution in [-0.2, 0) is 15.8 Å². The second kappa shape index (κ2) is 11.4. The molecule has 196 valence electrons. The maximum absolute atomic E-state index is 13.2. The third-order valence-electron chi connectivity index (χ3n) is 6.21. The number of ether oxygens (including phenoxy) is 1. The summed E-state index contributed by atoms with van der Waals surface area (Å²) < 4.78 is 50.4. The average molecular weight is 517 g/mol. The lowest BCUT2D eigenvalue weighted by molar-refractivity contribution is -0.138. The summed E-state index contributed by atoms with van der Waals surface area (Å²) in [6.45, 7) is 2.83. The zero-order chi connectivity index (χ0) is 26.4. The van der Waals surface area contributed by atoms with E-state index in [0.717, 1.165) is 36.7 Å². The van der Waals surface area contributed by atoms with Gasteiger partial charge in [-0.3, -0.25) is 14.5 Å². The van der Waals surface area contributed by atoms with Crippen molar-refractivity contribution < 1.29 is 31.9 Å². The van der Waals surface area contributed by atoms with Crippen molar-refractivity contribution in [1.29, 1.82) is 0 Å². The van der Waals surface area contributed by atoms with E-state index in [9.17, 15) is 22.8 Å². The summed E-state index contributed by atoms with van der Waals surface area (Å²) in [7, 11) is 1.62. The van der Waals surface area contributed by atoms with Gasteiger partial charge in [0.1, 0.15) is 11.5 Å². The second-order valence-corrected chi connectivity index (χ2v) is 8.46. The quantitative estimate of drug-likeness (QED) is 0.463. The van der Waals surface area contributed by atoms with E-state index in [1.54, 1.807) is 19.2 Å². The van der Waals surface area contributed by atoms with Gasteiger partial charge < -0.3 is 24.7 Å². The molecule has 1 fully saturated rings. The topological polar surface area (TPSA) is 87.0 Å². The molecule has 1 aliphatic heterocycles. The molecular formula is C26H27F3N4O4. The van der Waals surface area contributed by atoms with E-state index in [-0.39, 0.29) is 12.6 Å². The van der Waals surface area contributed by atoms with Crippen LogP contribution in [0.3, 0.4) is 0 Å². The number of piperazine rings is 1. The molecule has 1 saturated heterocycles. The number of benzene rings is 2. The van der Waals surface area contributed by atoms with Gasteiger partial charge in [-0.15, -0.1) is 0 Å². The molecule has 0 radical (unpaired) electrons. The van der Waals surface area contributed by atoms with Crippen LogP contribution in [0, 0.1) is 0 Å². The van der Waals surface area contributed by atoms with Crippen LogP contribution < -0.4 is 20.3 Å². The Balaban J connectivity index is 1.37. The average Bonchev–Trinajstić information content (AvgIpc) is 3.43. The molecule has 4 rings (SSSR count). The molecule has 0 spiro atoms. The molecule has 0 saturated carbocycles. The van der Waals surface area contributed by atoms with Crippen molar-refractivity contribution in [2.75, 3.05) is 50.1 Å². The standard InChI is InChI=1S/C26H27F3N4O4/c1-36-19-10-8-18(9-11-19)32-12-14-33(15-13-32)22(23-7-4-16-37-23)17-30-24(34)25(35)31-21-6-3-2-5-20(21)26(27,28)29/h2-11,16,22H,12-15,17H2,1H3,(H,30,34)(H,31,35). The summed E-state index contributed by atoms with van der Waals surface area (Å²) in [5.74, 6) is -0.826. The van der Waals surface area contributed by atoms with Crippen LogP contribution in [-0.4, -0.2) is 56.5 Å². The van der Waals surface area contributed by atoms with Crippen molar-refractivity contribution in [2.45, 2.75) is 12.2 Å². The molecule has 2 amide bonds. The van der Waals surface area contributed by atoms with Crippen LogP contribution in [0.1, 0.15) is 17.4 Å². The van der Waals surface area contributed by atoms with Gasteiger partial charge >= 0.3 is 18.0 Å².